The zero-order valence-electron chi connectivity index (χ0n) is 12.4. The van der Waals surface area contributed by atoms with Gasteiger partial charge in [-0.25, -0.2) is 0 Å². The van der Waals surface area contributed by atoms with Gasteiger partial charge >= 0.3 is 0 Å². The molecule has 0 bridgehead atoms. The van der Waals surface area contributed by atoms with Crippen molar-refractivity contribution in [1.82, 2.24) is 0 Å². The lowest BCUT2D eigenvalue weighted by Crippen LogP contribution is -2.08. The van der Waals surface area contributed by atoms with Crippen molar-refractivity contribution in [2.45, 2.75) is 40.2 Å². The minimum absolute atomic E-state index is 0.377. The van der Waals surface area contributed by atoms with Crippen LogP contribution in [0.5, 0.6) is 0 Å². The summed E-state index contributed by atoms with van der Waals surface area (Å²) in [5.74, 6) is 0.580. The van der Waals surface area contributed by atoms with Crippen LogP contribution in [0.2, 0.25) is 0 Å². The Morgan fingerprint density at radius 1 is 1.16 bits per heavy atom. The lowest BCUT2D eigenvalue weighted by molar-refractivity contribution is -0.0706. The van der Waals surface area contributed by atoms with Crippen LogP contribution in [0, 0.1) is 5.92 Å². The normalized spacial score (nSPS) is 12.2. The fourth-order valence-electron chi connectivity index (χ4n) is 1.78. The first kappa shape index (κ1) is 15.9. The van der Waals surface area contributed by atoms with Crippen molar-refractivity contribution in [3.63, 3.8) is 0 Å². The summed E-state index contributed by atoms with van der Waals surface area (Å²) in [5, 5.41) is 0. The number of benzene rings is 1. The van der Waals surface area contributed by atoms with Crippen LogP contribution < -0.4 is 0 Å². The SMILES string of the molecule is CC(C)=CCC[C@H](C)COCOCc1ccccc1. The Balaban J connectivity index is 2.00. The Morgan fingerprint density at radius 3 is 2.58 bits per heavy atom. The van der Waals surface area contributed by atoms with Gasteiger partial charge in [-0.2, -0.15) is 0 Å². The molecule has 1 atom stereocenters. The summed E-state index contributed by atoms with van der Waals surface area (Å²) < 4.78 is 11.0. The Labute approximate surface area is 117 Å². The second-order valence-electron chi connectivity index (χ2n) is 5.29. The first-order valence-electron chi connectivity index (χ1n) is 7.01. The molecule has 2 nitrogen and oxygen atoms in total. The van der Waals surface area contributed by atoms with Gasteiger partial charge in [-0.1, -0.05) is 48.9 Å². The highest BCUT2D eigenvalue weighted by Gasteiger charge is 2.01. The number of allylic oxidation sites excluding steroid dienone is 2. The van der Waals surface area contributed by atoms with Crippen LogP contribution in [0.15, 0.2) is 42.0 Å². The fraction of sp³-hybridized carbons (Fsp3) is 0.529. The molecule has 1 aromatic rings. The van der Waals surface area contributed by atoms with Gasteiger partial charge in [0.2, 0.25) is 0 Å². The molecule has 0 radical (unpaired) electrons. The summed E-state index contributed by atoms with van der Waals surface area (Å²) in [6, 6.07) is 10.2. The molecule has 0 aliphatic rings. The Hall–Kier alpha value is -1.12. The van der Waals surface area contributed by atoms with Gasteiger partial charge in [0.25, 0.3) is 0 Å². The lowest BCUT2D eigenvalue weighted by Gasteiger charge is -2.11. The van der Waals surface area contributed by atoms with Crippen LogP contribution in [0.3, 0.4) is 0 Å². The maximum atomic E-state index is 5.53. The van der Waals surface area contributed by atoms with Crippen molar-refractivity contribution in [3.8, 4) is 0 Å². The predicted octanol–water partition coefficient (Wildman–Crippen LogP) is 4.56. The summed E-state index contributed by atoms with van der Waals surface area (Å²) in [6.45, 7) is 8.26. The molecule has 0 fully saturated rings. The van der Waals surface area contributed by atoms with Crippen molar-refractivity contribution < 1.29 is 9.47 Å². The molecule has 2 heteroatoms. The number of rotatable bonds is 9. The molecule has 1 aromatic carbocycles. The summed E-state index contributed by atoms with van der Waals surface area (Å²) >= 11 is 0. The molecule has 106 valence electrons. The van der Waals surface area contributed by atoms with Crippen LogP contribution >= 0.6 is 0 Å². The standard InChI is InChI=1S/C17H26O2/c1-15(2)8-7-9-16(3)12-18-14-19-13-17-10-5-4-6-11-17/h4-6,8,10-11,16H,7,9,12-14H2,1-3H3/t16-/m0/s1. The molecular formula is C17H26O2. The average molecular weight is 262 g/mol. The highest BCUT2D eigenvalue weighted by molar-refractivity contribution is 5.13. The maximum Gasteiger partial charge on any atom is 0.147 e. The van der Waals surface area contributed by atoms with Crippen LogP contribution in [0.25, 0.3) is 0 Å². The van der Waals surface area contributed by atoms with Gasteiger partial charge in [0, 0.05) is 0 Å². The molecule has 0 saturated heterocycles. The zero-order valence-corrected chi connectivity index (χ0v) is 12.4. The predicted molar refractivity (Wildman–Crippen MR) is 79.9 cm³/mol. The summed E-state index contributed by atoms with van der Waals surface area (Å²) in [5.41, 5.74) is 2.57. The number of hydrogen-bond acceptors (Lipinski definition) is 2. The molecule has 0 aliphatic carbocycles. The fourth-order valence-corrected chi connectivity index (χ4v) is 1.78. The lowest BCUT2D eigenvalue weighted by atomic mass is 10.1. The Bertz CT molecular complexity index is 353. The third-order valence-electron chi connectivity index (χ3n) is 2.89. The molecule has 0 unspecified atom stereocenters. The second-order valence-corrected chi connectivity index (χ2v) is 5.29. The van der Waals surface area contributed by atoms with Crippen molar-refractivity contribution in [2.24, 2.45) is 5.92 Å². The quantitative estimate of drug-likeness (QED) is 0.369. The molecular weight excluding hydrogens is 236 g/mol. The van der Waals surface area contributed by atoms with Crippen LogP contribution in [0.4, 0.5) is 0 Å². The van der Waals surface area contributed by atoms with Gasteiger partial charge in [0.05, 0.1) is 13.2 Å². The van der Waals surface area contributed by atoms with E-state index in [1.807, 2.05) is 18.2 Å². The molecule has 0 aromatic heterocycles. The van der Waals surface area contributed by atoms with Crippen molar-refractivity contribution in [2.75, 3.05) is 13.4 Å². The van der Waals surface area contributed by atoms with Crippen LogP contribution in [-0.4, -0.2) is 13.4 Å². The second kappa shape index (κ2) is 9.76. The highest BCUT2D eigenvalue weighted by Crippen LogP contribution is 2.08. The molecule has 0 heterocycles. The summed E-state index contributed by atoms with van der Waals surface area (Å²) in [6.07, 6.45) is 4.59. The Kier molecular flexibility index (Phi) is 8.19. The topological polar surface area (TPSA) is 18.5 Å². The smallest absolute Gasteiger partial charge is 0.147 e. The van der Waals surface area contributed by atoms with Gasteiger partial charge in [0.15, 0.2) is 0 Å². The Morgan fingerprint density at radius 2 is 1.89 bits per heavy atom. The number of hydrogen-bond donors (Lipinski definition) is 0. The van der Waals surface area contributed by atoms with Crippen molar-refractivity contribution in [3.05, 3.63) is 47.5 Å². The minimum atomic E-state index is 0.377. The van der Waals surface area contributed by atoms with E-state index in [1.165, 1.54) is 17.6 Å². The summed E-state index contributed by atoms with van der Waals surface area (Å²) in [7, 11) is 0. The van der Waals surface area contributed by atoms with Gasteiger partial charge in [-0.05, 0) is 38.2 Å². The van der Waals surface area contributed by atoms with E-state index in [1.54, 1.807) is 0 Å². The molecule has 0 saturated carbocycles. The monoisotopic (exact) mass is 262 g/mol. The van der Waals surface area contributed by atoms with E-state index in [9.17, 15) is 0 Å². The van der Waals surface area contributed by atoms with E-state index >= 15 is 0 Å². The average Bonchev–Trinajstić information content (AvgIpc) is 2.39. The molecule has 0 aliphatic heterocycles. The first-order valence-corrected chi connectivity index (χ1v) is 7.01. The van der Waals surface area contributed by atoms with Crippen LogP contribution in [0.1, 0.15) is 39.2 Å². The van der Waals surface area contributed by atoms with Gasteiger partial charge in [-0.3, -0.25) is 0 Å². The molecule has 1 rings (SSSR count). The molecule has 0 spiro atoms. The van der Waals surface area contributed by atoms with E-state index in [4.69, 9.17) is 9.47 Å². The van der Waals surface area contributed by atoms with Crippen molar-refractivity contribution in [1.29, 1.82) is 0 Å². The van der Waals surface area contributed by atoms with Gasteiger partial charge in [-0.15, -0.1) is 0 Å². The third-order valence-corrected chi connectivity index (χ3v) is 2.89. The van der Waals surface area contributed by atoms with Gasteiger partial charge in [0.1, 0.15) is 6.79 Å². The van der Waals surface area contributed by atoms with E-state index in [0.717, 1.165) is 13.0 Å². The van der Waals surface area contributed by atoms with Gasteiger partial charge < -0.3 is 9.47 Å². The van der Waals surface area contributed by atoms with E-state index < -0.39 is 0 Å². The largest absolute Gasteiger partial charge is 0.355 e. The van der Waals surface area contributed by atoms with Crippen LogP contribution in [-0.2, 0) is 16.1 Å². The first-order chi connectivity index (χ1) is 9.18. The number of ether oxygens (including phenoxy) is 2. The maximum absolute atomic E-state index is 5.53. The van der Waals surface area contributed by atoms with Crippen molar-refractivity contribution >= 4 is 0 Å². The summed E-state index contributed by atoms with van der Waals surface area (Å²) in [4.78, 5) is 0. The molecule has 0 N–H and O–H groups in total. The van der Waals surface area contributed by atoms with E-state index in [2.05, 4.69) is 39.0 Å². The van der Waals surface area contributed by atoms with E-state index in [-0.39, 0.29) is 0 Å². The minimum Gasteiger partial charge on any atom is -0.355 e. The highest BCUT2D eigenvalue weighted by atomic mass is 16.7. The van der Waals surface area contributed by atoms with E-state index in [0.29, 0.717) is 19.3 Å². The third kappa shape index (κ3) is 8.57. The molecule has 0 amide bonds. The zero-order chi connectivity index (χ0) is 13.9. The molecule has 19 heavy (non-hydrogen) atoms.